The molecule has 0 saturated carbocycles. The number of carbonyl (C=O) groups is 1. The topological polar surface area (TPSA) is 49.3 Å². The predicted molar refractivity (Wildman–Crippen MR) is 84.2 cm³/mol. The summed E-state index contributed by atoms with van der Waals surface area (Å²) in [4.78, 5) is 20.3. The maximum absolute atomic E-state index is 12.8. The second-order valence-electron chi connectivity index (χ2n) is 5.48. The zero-order valence-electron chi connectivity index (χ0n) is 12.9. The summed E-state index contributed by atoms with van der Waals surface area (Å²) < 4.78 is 42.4. The average Bonchev–Trinajstić information content (AvgIpc) is 3.00. The van der Waals surface area contributed by atoms with Crippen molar-refractivity contribution in [1.82, 2.24) is 14.3 Å². The molecule has 1 amide bonds. The Morgan fingerprint density at radius 1 is 1.21 bits per heavy atom. The lowest BCUT2D eigenvalue weighted by atomic mass is 10.1. The van der Waals surface area contributed by atoms with Crippen LogP contribution in [0.3, 0.4) is 0 Å². The second-order valence-corrected chi connectivity index (χ2v) is 6.21. The Labute approximate surface area is 140 Å². The van der Waals surface area contributed by atoms with Crippen molar-refractivity contribution in [3.8, 4) is 0 Å². The molecule has 1 saturated heterocycles. The number of carbonyl (C=O) groups excluding carboxylic acids is 1. The molecule has 0 unspecified atom stereocenters. The molecule has 1 aliphatic heterocycles. The summed E-state index contributed by atoms with van der Waals surface area (Å²) in [5.41, 5.74) is -0.749. The van der Waals surface area contributed by atoms with Crippen molar-refractivity contribution in [2.75, 3.05) is 31.1 Å². The third-order valence-corrected chi connectivity index (χ3v) is 4.66. The van der Waals surface area contributed by atoms with E-state index < -0.39 is 11.7 Å². The van der Waals surface area contributed by atoms with Gasteiger partial charge in [-0.1, -0.05) is 6.07 Å². The summed E-state index contributed by atoms with van der Waals surface area (Å²) in [7, 11) is 0. The quantitative estimate of drug-likeness (QED) is 0.830. The minimum absolute atomic E-state index is 0.0602. The van der Waals surface area contributed by atoms with Gasteiger partial charge in [-0.05, 0) is 25.1 Å². The highest BCUT2D eigenvalue weighted by atomic mass is 32.1. The SMILES string of the molecule is Cc1nsc(N2CCN(C(=O)c3cccc(C(F)(F)F)c3)CC2)n1. The lowest BCUT2D eigenvalue weighted by molar-refractivity contribution is -0.137. The van der Waals surface area contributed by atoms with Crippen molar-refractivity contribution in [3.05, 3.63) is 41.2 Å². The molecule has 1 aromatic heterocycles. The van der Waals surface area contributed by atoms with E-state index in [1.165, 1.54) is 23.7 Å². The average molecular weight is 356 g/mol. The molecule has 0 aliphatic carbocycles. The van der Waals surface area contributed by atoms with Gasteiger partial charge in [0, 0.05) is 43.3 Å². The molecule has 5 nitrogen and oxygen atoms in total. The van der Waals surface area contributed by atoms with E-state index in [-0.39, 0.29) is 11.5 Å². The molecule has 0 bridgehead atoms. The molecule has 1 aromatic carbocycles. The number of hydrogen-bond acceptors (Lipinski definition) is 5. The van der Waals surface area contributed by atoms with Crippen LogP contribution in [0.25, 0.3) is 0 Å². The fourth-order valence-corrected chi connectivity index (χ4v) is 3.25. The van der Waals surface area contributed by atoms with Crippen LogP contribution in [-0.4, -0.2) is 46.3 Å². The van der Waals surface area contributed by atoms with Crippen molar-refractivity contribution < 1.29 is 18.0 Å². The molecule has 128 valence electrons. The summed E-state index contributed by atoms with van der Waals surface area (Å²) in [5.74, 6) is 0.326. The molecule has 2 aromatic rings. The van der Waals surface area contributed by atoms with Crippen LogP contribution in [-0.2, 0) is 6.18 Å². The number of amides is 1. The van der Waals surface area contributed by atoms with E-state index in [1.54, 1.807) is 4.90 Å². The zero-order chi connectivity index (χ0) is 17.3. The highest BCUT2D eigenvalue weighted by molar-refractivity contribution is 7.09. The first-order valence-corrected chi connectivity index (χ1v) is 8.14. The van der Waals surface area contributed by atoms with Gasteiger partial charge in [0.25, 0.3) is 5.91 Å². The van der Waals surface area contributed by atoms with Crippen molar-refractivity contribution >= 4 is 22.6 Å². The van der Waals surface area contributed by atoms with Gasteiger partial charge in [-0.25, -0.2) is 4.98 Å². The fourth-order valence-electron chi connectivity index (χ4n) is 2.53. The van der Waals surface area contributed by atoms with Gasteiger partial charge in [0.05, 0.1) is 5.56 Å². The van der Waals surface area contributed by atoms with Crippen LogP contribution < -0.4 is 4.90 Å². The first-order valence-electron chi connectivity index (χ1n) is 7.36. The van der Waals surface area contributed by atoms with Crippen LogP contribution in [0.1, 0.15) is 21.7 Å². The van der Waals surface area contributed by atoms with Gasteiger partial charge in [-0.3, -0.25) is 4.79 Å². The third kappa shape index (κ3) is 3.50. The molecular weight excluding hydrogens is 341 g/mol. The molecular formula is C15H15F3N4OS. The Bertz CT molecular complexity index is 738. The molecule has 1 aliphatic rings. The van der Waals surface area contributed by atoms with Gasteiger partial charge in [0.2, 0.25) is 5.13 Å². The van der Waals surface area contributed by atoms with Crippen molar-refractivity contribution in [2.45, 2.75) is 13.1 Å². The van der Waals surface area contributed by atoms with Gasteiger partial charge in [0.1, 0.15) is 5.82 Å². The fraction of sp³-hybridized carbons (Fsp3) is 0.400. The predicted octanol–water partition coefficient (Wildman–Crippen LogP) is 2.83. The highest BCUT2D eigenvalue weighted by Crippen LogP contribution is 2.30. The zero-order valence-corrected chi connectivity index (χ0v) is 13.7. The lowest BCUT2D eigenvalue weighted by Gasteiger charge is -2.34. The van der Waals surface area contributed by atoms with Crippen LogP contribution >= 0.6 is 11.5 Å². The number of alkyl halides is 3. The Morgan fingerprint density at radius 2 is 1.92 bits per heavy atom. The van der Waals surface area contributed by atoms with Gasteiger partial charge in [-0.15, -0.1) is 0 Å². The largest absolute Gasteiger partial charge is 0.416 e. The molecule has 24 heavy (non-hydrogen) atoms. The van der Waals surface area contributed by atoms with Crippen LogP contribution in [0.2, 0.25) is 0 Å². The number of aromatic nitrogens is 2. The second kappa shape index (κ2) is 6.39. The number of anilines is 1. The van der Waals surface area contributed by atoms with E-state index in [2.05, 4.69) is 9.36 Å². The van der Waals surface area contributed by atoms with Crippen LogP contribution in [0.15, 0.2) is 24.3 Å². The molecule has 9 heteroatoms. The van der Waals surface area contributed by atoms with Crippen LogP contribution in [0.4, 0.5) is 18.3 Å². The van der Waals surface area contributed by atoms with E-state index in [0.717, 1.165) is 17.3 Å². The number of rotatable bonds is 2. The van der Waals surface area contributed by atoms with Crippen molar-refractivity contribution in [3.63, 3.8) is 0 Å². The summed E-state index contributed by atoms with van der Waals surface area (Å²) in [6.07, 6.45) is -4.45. The number of benzene rings is 1. The molecule has 0 radical (unpaired) electrons. The van der Waals surface area contributed by atoms with E-state index in [4.69, 9.17) is 0 Å². The maximum atomic E-state index is 12.8. The Morgan fingerprint density at radius 3 is 2.50 bits per heavy atom. The first-order chi connectivity index (χ1) is 11.3. The number of hydrogen-bond donors (Lipinski definition) is 0. The smallest absolute Gasteiger partial charge is 0.343 e. The molecule has 2 heterocycles. The minimum Gasteiger partial charge on any atom is -0.343 e. The molecule has 3 rings (SSSR count). The molecule has 1 fully saturated rings. The summed E-state index contributed by atoms with van der Waals surface area (Å²) in [5, 5.41) is 0.804. The van der Waals surface area contributed by atoms with Gasteiger partial charge in [-0.2, -0.15) is 17.5 Å². The maximum Gasteiger partial charge on any atom is 0.416 e. The molecule has 0 atom stereocenters. The summed E-state index contributed by atoms with van der Waals surface area (Å²) in [6, 6.07) is 4.55. The van der Waals surface area contributed by atoms with Crippen LogP contribution in [0.5, 0.6) is 0 Å². The molecule has 0 N–H and O–H groups in total. The molecule has 0 spiro atoms. The third-order valence-electron chi connectivity index (χ3n) is 3.79. The Hall–Kier alpha value is -2.16. The lowest BCUT2D eigenvalue weighted by Crippen LogP contribution is -2.48. The van der Waals surface area contributed by atoms with Crippen molar-refractivity contribution in [1.29, 1.82) is 0 Å². The summed E-state index contributed by atoms with van der Waals surface area (Å²) >= 11 is 1.30. The monoisotopic (exact) mass is 356 g/mol. The van der Waals surface area contributed by atoms with E-state index in [9.17, 15) is 18.0 Å². The Kier molecular flexibility index (Phi) is 4.44. The summed E-state index contributed by atoms with van der Waals surface area (Å²) in [6.45, 7) is 3.85. The first kappa shape index (κ1) is 16.7. The normalized spacial score (nSPS) is 15.7. The van der Waals surface area contributed by atoms with Crippen LogP contribution in [0, 0.1) is 6.92 Å². The minimum atomic E-state index is -4.45. The number of piperazine rings is 1. The van der Waals surface area contributed by atoms with E-state index in [0.29, 0.717) is 32.0 Å². The van der Waals surface area contributed by atoms with E-state index >= 15 is 0 Å². The number of aryl methyl sites for hydroxylation is 1. The van der Waals surface area contributed by atoms with Crippen molar-refractivity contribution in [2.24, 2.45) is 0 Å². The van der Waals surface area contributed by atoms with Gasteiger partial charge in [0.15, 0.2) is 0 Å². The van der Waals surface area contributed by atoms with Gasteiger partial charge < -0.3 is 9.80 Å². The number of nitrogens with zero attached hydrogens (tertiary/aromatic N) is 4. The number of halogens is 3. The van der Waals surface area contributed by atoms with Gasteiger partial charge >= 0.3 is 6.18 Å². The standard InChI is InChI=1S/C15H15F3N4OS/c1-10-19-14(24-20-10)22-7-5-21(6-8-22)13(23)11-3-2-4-12(9-11)15(16,17)18/h2-4,9H,5-8H2,1H3. The highest BCUT2D eigenvalue weighted by Gasteiger charge is 2.31. The Balaban J connectivity index is 1.67. The van der Waals surface area contributed by atoms with E-state index in [1.807, 2.05) is 11.8 Å².